The Morgan fingerprint density at radius 3 is 1.88 bits per heavy atom. The van der Waals surface area contributed by atoms with Crippen LogP contribution in [0.4, 0.5) is 0 Å². The monoisotopic (exact) mass is 770 g/mol. The van der Waals surface area contributed by atoms with Crippen molar-refractivity contribution in [3.63, 3.8) is 0 Å². The molecular weight excluding hydrogens is 737 g/mol. The van der Waals surface area contributed by atoms with E-state index >= 15 is 0 Å². The summed E-state index contributed by atoms with van der Waals surface area (Å²) in [6.07, 6.45) is 0. The smallest absolute Gasteiger partial charge is 0.180 e. The van der Waals surface area contributed by atoms with Crippen LogP contribution in [0.5, 0.6) is 0 Å². The SMILES string of the molecule is CC1(C)c2ccccc2-c2ccc(-c3ccc4oc5cccc(-c6nc(-c7ccccc7)nc7c6oc6ccc(-c8ccc9c(c8)oc8ccccc89)cc67)c5c4c3)cc21. The molecule has 5 heteroatoms. The second-order valence-corrected chi connectivity index (χ2v) is 16.5. The number of hydrogen-bond acceptors (Lipinski definition) is 5. The van der Waals surface area contributed by atoms with E-state index in [9.17, 15) is 0 Å². The predicted octanol–water partition coefficient (Wildman–Crippen LogP) is 15.1. The third-order valence-corrected chi connectivity index (χ3v) is 12.7. The number of para-hydroxylation sites is 1. The lowest BCUT2D eigenvalue weighted by Gasteiger charge is -2.22. The first-order valence-corrected chi connectivity index (χ1v) is 20.4. The molecule has 5 nitrogen and oxygen atoms in total. The van der Waals surface area contributed by atoms with Crippen LogP contribution in [0.2, 0.25) is 0 Å². The van der Waals surface area contributed by atoms with Gasteiger partial charge < -0.3 is 13.3 Å². The first kappa shape index (κ1) is 33.2. The first-order valence-electron chi connectivity index (χ1n) is 20.4. The molecule has 0 radical (unpaired) electrons. The summed E-state index contributed by atoms with van der Waals surface area (Å²) in [6, 6.07) is 59.5. The second-order valence-electron chi connectivity index (χ2n) is 16.5. The summed E-state index contributed by atoms with van der Waals surface area (Å²) in [6.45, 7) is 4.65. The van der Waals surface area contributed by atoms with E-state index in [1.165, 1.54) is 27.8 Å². The number of furan rings is 3. The fourth-order valence-electron chi connectivity index (χ4n) is 9.72. The molecule has 0 amide bonds. The number of fused-ring (bicyclic) bond motifs is 12. The van der Waals surface area contributed by atoms with Gasteiger partial charge in [0.05, 0.1) is 0 Å². The van der Waals surface area contributed by atoms with Gasteiger partial charge in [0.15, 0.2) is 11.4 Å². The quantitative estimate of drug-likeness (QED) is 0.178. The van der Waals surface area contributed by atoms with E-state index in [0.717, 1.165) is 93.9 Å². The standard InChI is InChI=1S/C55H34N2O3/c1-55(2)43-16-8-6-13-36(43)37-23-19-34(29-44(37)55)32-21-25-46-41(27-32)50-40(15-10-18-48(50)58-46)51-53-52(57-54(56-51)31-11-4-3-5-12-31)42-28-33(22-26-47(42)60-53)35-20-24-39-38-14-7-9-17-45(38)59-49(39)30-35/h3-30H,1-2H3. The highest BCUT2D eigenvalue weighted by atomic mass is 16.3. The molecule has 1 aliphatic carbocycles. The summed E-state index contributed by atoms with van der Waals surface area (Å²) in [5.74, 6) is 0.627. The van der Waals surface area contributed by atoms with Crippen LogP contribution in [-0.2, 0) is 5.41 Å². The zero-order valence-electron chi connectivity index (χ0n) is 32.8. The average molecular weight is 771 g/mol. The van der Waals surface area contributed by atoms with E-state index in [1.54, 1.807) is 0 Å². The summed E-state index contributed by atoms with van der Waals surface area (Å²) in [5.41, 5.74) is 17.7. The molecule has 0 unspecified atom stereocenters. The predicted molar refractivity (Wildman–Crippen MR) is 243 cm³/mol. The van der Waals surface area contributed by atoms with E-state index in [2.05, 4.69) is 129 Å². The molecule has 60 heavy (non-hydrogen) atoms. The maximum absolute atomic E-state index is 6.78. The van der Waals surface area contributed by atoms with Gasteiger partial charge in [-0.2, -0.15) is 0 Å². The highest BCUT2D eigenvalue weighted by Gasteiger charge is 2.35. The van der Waals surface area contributed by atoms with Gasteiger partial charge in [0, 0.05) is 43.5 Å². The Labute approximate surface area is 344 Å². The van der Waals surface area contributed by atoms with E-state index < -0.39 is 0 Å². The van der Waals surface area contributed by atoms with Crippen molar-refractivity contribution in [1.82, 2.24) is 9.97 Å². The van der Waals surface area contributed by atoms with Gasteiger partial charge >= 0.3 is 0 Å². The normalized spacial score (nSPS) is 13.3. The Kier molecular flexibility index (Phi) is 6.72. The summed E-state index contributed by atoms with van der Waals surface area (Å²) in [7, 11) is 0. The highest BCUT2D eigenvalue weighted by molar-refractivity contribution is 6.17. The highest BCUT2D eigenvalue weighted by Crippen LogP contribution is 2.50. The van der Waals surface area contributed by atoms with Gasteiger partial charge in [-0.1, -0.05) is 129 Å². The second kappa shape index (κ2) is 12.1. The lowest BCUT2D eigenvalue weighted by Crippen LogP contribution is -2.14. The van der Waals surface area contributed by atoms with Gasteiger partial charge in [-0.25, -0.2) is 9.97 Å². The number of nitrogens with zero attached hydrogens (tertiary/aromatic N) is 2. The van der Waals surface area contributed by atoms with Crippen LogP contribution in [0.3, 0.4) is 0 Å². The molecular formula is C55H34N2O3. The fourth-order valence-corrected chi connectivity index (χ4v) is 9.72. The van der Waals surface area contributed by atoms with Crippen molar-refractivity contribution < 1.29 is 13.3 Å². The third kappa shape index (κ3) is 4.74. The lowest BCUT2D eigenvalue weighted by atomic mass is 9.81. The zero-order valence-corrected chi connectivity index (χ0v) is 32.8. The maximum atomic E-state index is 6.78. The Hall–Kier alpha value is -7.76. The summed E-state index contributed by atoms with van der Waals surface area (Å²) < 4.78 is 19.6. The minimum Gasteiger partial charge on any atom is -0.456 e. The molecule has 13 rings (SSSR count). The van der Waals surface area contributed by atoms with Crippen molar-refractivity contribution in [1.29, 1.82) is 0 Å². The van der Waals surface area contributed by atoms with E-state index in [4.69, 9.17) is 23.2 Å². The van der Waals surface area contributed by atoms with Crippen LogP contribution in [-0.4, -0.2) is 9.97 Å². The van der Waals surface area contributed by atoms with Crippen LogP contribution in [0.1, 0.15) is 25.0 Å². The van der Waals surface area contributed by atoms with Gasteiger partial charge in [0.25, 0.3) is 0 Å². The molecule has 0 saturated carbocycles. The molecule has 4 heterocycles. The zero-order chi connectivity index (χ0) is 39.7. The van der Waals surface area contributed by atoms with Gasteiger partial charge in [-0.3, -0.25) is 0 Å². The van der Waals surface area contributed by atoms with Crippen LogP contribution in [0.15, 0.2) is 183 Å². The van der Waals surface area contributed by atoms with E-state index in [1.807, 2.05) is 54.6 Å². The van der Waals surface area contributed by atoms with Gasteiger partial charge in [0.1, 0.15) is 39.1 Å². The summed E-state index contributed by atoms with van der Waals surface area (Å²) >= 11 is 0. The van der Waals surface area contributed by atoms with Gasteiger partial charge in [-0.15, -0.1) is 0 Å². The molecule has 8 aromatic carbocycles. The number of rotatable bonds is 4. The van der Waals surface area contributed by atoms with Crippen molar-refractivity contribution in [2.45, 2.75) is 19.3 Å². The molecule has 12 aromatic rings. The Morgan fingerprint density at radius 2 is 1.00 bits per heavy atom. The average Bonchev–Trinajstić information content (AvgIpc) is 4.03. The molecule has 4 aromatic heterocycles. The number of benzene rings is 8. The van der Waals surface area contributed by atoms with Crippen molar-refractivity contribution in [2.75, 3.05) is 0 Å². The fraction of sp³-hybridized carbons (Fsp3) is 0.0545. The molecule has 0 saturated heterocycles. The van der Waals surface area contributed by atoms with Crippen LogP contribution in [0, 0.1) is 0 Å². The van der Waals surface area contributed by atoms with Crippen molar-refractivity contribution in [3.8, 4) is 56.0 Å². The van der Waals surface area contributed by atoms with Crippen LogP contribution >= 0.6 is 0 Å². The van der Waals surface area contributed by atoms with Gasteiger partial charge in [0.2, 0.25) is 0 Å². The minimum atomic E-state index is -0.0914. The van der Waals surface area contributed by atoms with Crippen LogP contribution < -0.4 is 0 Å². The van der Waals surface area contributed by atoms with Gasteiger partial charge in [-0.05, 0) is 99.1 Å². The molecule has 1 aliphatic rings. The summed E-state index contributed by atoms with van der Waals surface area (Å²) in [4.78, 5) is 10.5. The van der Waals surface area contributed by atoms with E-state index in [0.29, 0.717) is 11.4 Å². The Morgan fingerprint density at radius 1 is 0.383 bits per heavy atom. The molecule has 0 N–H and O–H groups in total. The van der Waals surface area contributed by atoms with Crippen molar-refractivity contribution in [3.05, 3.63) is 181 Å². The van der Waals surface area contributed by atoms with Crippen molar-refractivity contribution in [2.24, 2.45) is 0 Å². The van der Waals surface area contributed by atoms with Crippen LogP contribution in [0.25, 0.3) is 122 Å². The molecule has 0 fully saturated rings. The maximum Gasteiger partial charge on any atom is 0.180 e. The topological polar surface area (TPSA) is 65.2 Å². The minimum absolute atomic E-state index is 0.0914. The summed E-state index contributed by atoms with van der Waals surface area (Å²) in [5, 5.41) is 5.14. The number of aromatic nitrogens is 2. The largest absolute Gasteiger partial charge is 0.456 e. The number of hydrogen-bond donors (Lipinski definition) is 0. The molecule has 282 valence electrons. The molecule has 0 bridgehead atoms. The van der Waals surface area contributed by atoms with E-state index in [-0.39, 0.29) is 5.41 Å². The lowest BCUT2D eigenvalue weighted by molar-refractivity contribution is 0.660. The Bertz CT molecular complexity index is 3750. The molecule has 0 aliphatic heterocycles. The third-order valence-electron chi connectivity index (χ3n) is 12.7. The molecule has 0 spiro atoms. The Balaban J connectivity index is 1.00. The van der Waals surface area contributed by atoms with Crippen molar-refractivity contribution >= 4 is 65.9 Å². The molecule has 0 atom stereocenters. The first-order chi connectivity index (χ1) is 29.5.